The van der Waals surface area contributed by atoms with Crippen LogP contribution in [0.15, 0.2) is 59.7 Å². The lowest BCUT2D eigenvalue weighted by molar-refractivity contribution is -0.209. The molecule has 3 aliphatic rings. The summed E-state index contributed by atoms with van der Waals surface area (Å²) >= 11 is 0. The number of carbonyl (C=O) groups is 1. The second-order valence-corrected chi connectivity index (χ2v) is 10.5. The van der Waals surface area contributed by atoms with Crippen molar-refractivity contribution < 1.29 is 19.0 Å². The van der Waals surface area contributed by atoms with Crippen LogP contribution in [0.5, 0.6) is 5.75 Å². The van der Waals surface area contributed by atoms with Gasteiger partial charge in [-0.3, -0.25) is 19.0 Å². The molecule has 3 saturated carbocycles. The van der Waals surface area contributed by atoms with Crippen molar-refractivity contribution in [3.05, 3.63) is 82.0 Å². The van der Waals surface area contributed by atoms with Crippen LogP contribution < -0.4 is 20.9 Å². The second-order valence-electron chi connectivity index (χ2n) is 10.5. The monoisotopic (exact) mass is 517 g/mol. The van der Waals surface area contributed by atoms with Crippen LogP contribution in [0.25, 0.3) is 16.6 Å². The number of hydrogen-bond acceptors (Lipinski definition) is 7. The summed E-state index contributed by atoms with van der Waals surface area (Å²) in [5.74, 6) is 0.0376. The van der Waals surface area contributed by atoms with Crippen LogP contribution in [0.4, 0.5) is 4.39 Å². The molecule has 0 saturated heterocycles. The average molecular weight is 518 g/mol. The maximum atomic E-state index is 13.8. The van der Waals surface area contributed by atoms with Gasteiger partial charge in [0.1, 0.15) is 34.9 Å². The van der Waals surface area contributed by atoms with Crippen LogP contribution in [0.3, 0.4) is 0 Å². The molecule has 38 heavy (non-hydrogen) atoms. The fourth-order valence-corrected chi connectivity index (χ4v) is 5.75. The molecular formula is C28H28FN5O4. The summed E-state index contributed by atoms with van der Waals surface area (Å²) in [6, 6.07) is 12.1. The molecule has 3 aromatic heterocycles. The van der Waals surface area contributed by atoms with Crippen LogP contribution >= 0.6 is 0 Å². The molecule has 196 valence electrons. The van der Waals surface area contributed by atoms with Gasteiger partial charge < -0.3 is 20.5 Å². The third-order valence-corrected chi connectivity index (χ3v) is 7.37. The zero-order chi connectivity index (χ0) is 26.3. The van der Waals surface area contributed by atoms with Crippen molar-refractivity contribution in [2.45, 2.75) is 38.0 Å². The van der Waals surface area contributed by atoms with E-state index >= 15 is 0 Å². The Bertz CT molecular complexity index is 1580. The number of ether oxygens (including phenoxy) is 1. The first-order valence-electron chi connectivity index (χ1n) is 12.7. The largest absolute Gasteiger partial charge is 0.489 e. The van der Waals surface area contributed by atoms with Gasteiger partial charge in [-0.2, -0.15) is 0 Å². The highest BCUT2D eigenvalue weighted by Crippen LogP contribution is 2.69. The lowest BCUT2D eigenvalue weighted by Crippen LogP contribution is -2.67. The van der Waals surface area contributed by atoms with Gasteiger partial charge in [0, 0.05) is 43.5 Å². The summed E-state index contributed by atoms with van der Waals surface area (Å²) in [4.78, 5) is 34.0. The highest BCUT2D eigenvalue weighted by Gasteiger charge is 2.68. The number of pyridine rings is 2. The van der Waals surface area contributed by atoms with Gasteiger partial charge in [-0.25, -0.2) is 9.37 Å². The van der Waals surface area contributed by atoms with Gasteiger partial charge in [0.05, 0.1) is 6.61 Å². The minimum absolute atomic E-state index is 0.0381. The van der Waals surface area contributed by atoms with Crippen LogP contribution in [-0.4, -0.2) is 50.8 Å². The summed E-state index contributed by atoms with van der Waals surface area (Å²) in [6.07, 6.45) is 5.36. The molecule has 9 nitrogen and oxygen atoms in total. The van der Waals surface area contributed by atoms with E-state index in [1.54, 1.807) is 36.7 Å². The number of aromatic nitrogens is 3. The molecule has 10 heteroatoms. The predicted molar refractivity (Wildman–Crippen MR) is 139 cm³/mol. The number of rotatable bonds is 10. The van der Waals surface area contributed by atoms with E-state index in [1.165, 1.54) is 10.5 Å². The standard InChI is InChI=1S/C28H28FN5O4/c29-28-14-27(15-28,16-28)17-30-11-19-8-20-7-18(9-22(38-6-5-35)25(20)31-13-19)12-32-26(37)21-10-24(36)34-4-2-1-3-23(34)33-21/h1-4,7-10,13,30,35H,5-6,11-12,14-17H2,(H,32,37). The van der Waals surface area contributed by atoms with E-state index in [9.17, 15) is 19.1 Å². The van der Waals surface area contributed by atoms with E-state index in [0.717, 1.165) is 23.1 Å². The first-order valence-corrected chi connectivity index (χ1v) is 12.7. The highest BCUT2D eigenvalue weighted by molar-refractivity contribution is 5.92. The van der Waals surface area contributed by atoms with Crippen molar-refractivity contribution in [1.29, 1.82) is 0 Å². The smallest absolute Gasteiger partial charge is 0.270 e. The topological polar surface area (TPSA) is 118 Å². The Labute approximate surface area is 217 Å². The molecule has 1 aromatic carbocycles. The Balaban J connectivity index is 1.18. The molecule has 0 radical (unpaired) electrons. The molecular weight excluding hydrogens is 489 g/mol. The third kappa shape index (κ3) is 4.61. The molecule has 1 amide bonds. The normalized spacial score (nSPS) is 21.6. The fraction of sp³-hybridized carbons (Fsp3) is 0.357. The van der Waals surface area contributed by atoms with Gasteiger partial charge >= 0.3 is 0 Å². The third-order valence-electron chi connectivity index (χ3n) is 7.37. The van der Waals surface area contributed by atoms with Crippen LogP contribution in [0.1, 0.15) is 40.9 Å². The van der Waals surface area contributed by atoms with Crippen LogP contribution in [0.2, 0.25) is 0 Å². The van der Waals surface area contributed by atoms with Crippen LogP contribution in [-0.2, 0) is 13.1 Å². The molecule has 3 heterocycles. The minimum Gasteiger partial charge on any atom is -0.489 e. The van der Waals surface area contributed by atoms with Gasteiger partial charge in [0.15, 0.2) is 0 Å². The van der Waals surface area contributed by atoms with Gasteiger partial charge in [0.25, 0.3) is 11.5 Å². The number of nitrogens with zero attached hydrogens (tertiary/aromatic N) is 3. The molecule has 3 N–H and O–H groups in total. The quantitative estimate of drug-likeness (QED) is 0.296. The Morgan fingerprint density at radius 3 is 2.74 bits per heavy atom. The van der Waals surface area contributed by atoms with E-state index in [2.05, 4.69) is 20.6 Å². The van der Waals surface area contributed by atoms with E-state index in [-0.39, 0.29) is 36.4 Å². The van der Waals surface area contributed by atoms with Gasteiger partial charge in [-0.15, -0.1) is 0 Å². The van der Waals surface area contributed by atoms with Crippen molar-refractivity contribution in [3.8, 4) is 5.75 Å². The second kappa shape index (κ2) is 9.45. The Morgan fingerprint density at radius 2 is 1.95 bits per heavy atom. The molecule has 3 aliphatic carbocycles. The molecule has 4 aromatic rings. The van der Waals surface area contributed by atoms with Crippen LogP contribution in [0, 0.1) is 5.41 Å². The predicted octanol–water partition coefficient (Wildman–Crippen LogP) is 2.53. The van der Waals surface area contributed by atoms with E-state index in [1.807, 2.05) is 12.1 Å². The number of carbonyl (C=O) groups excluding carboxylic acids is 1. The zero-order valence-corrected chi connectivity index (χ0v) is 20.7. The molecule has 7 rings (SSSR count). The Morgan fingerprint density at radius 1 is 1.13 bits per heavy atom. The average Bonchev–Trinajstić information content (AvgIpc) is 2.88. The first-order chi connectivity index (χ1) is 18.4. The summed E-state index contributed by atoms with van der Waals surface area (Å²) in [6.45, 7) is 1.55. The minimum atomic E-state index is -0.899. The molecule has 3 fully saturated rings. The number of fused-ring (bicyclic) bond motifs is 2. The maximum Gasteiger partial charge on any atom is 0.270 e. The number of aliphatic hydroxyl groups is 1. The lowest BCUT2D eigenvalue weighted by atomic mass is 9.42. The Kier molecular flexibility index (Phi) is 6.08. The maximum absolute atomic E-state index is 13.8. The van der Waals surface area contributed by atoms with Crippen molar-refractivity contribution in [1.82, 2.24) is 25.0 Å². The summed E-state index contributed by atoms with van der Waals surface area (Å²) in [7, 11) is 0. The highest BCUT2D eigenvalue weighted by atomic mass is 19.1. The van der Waals surface area contributed by atoms with E-state index in [4.69, 9.17) is 4.74 Å². The van der Waals surface area contributed by atoms with Crippen molar-refractivity contribution in [2.75, 3.05) is 19.8 Å². The van der Waals surface area contributed by atoms with Gasteiger partial charge in [0.2, 0.25) is 0 Å². The number of halogens is 1. The number of nitrogens with one attached hydrogen (secondary N) is 2. The molecule has 2 bridgehead atoms. The summed E-state index contributed by atoms with van der Waals surface area (Å²) in [5, 5.41) is 16.3. The molecule has 0 atom stereocenters. The number of hydrogen-bond donors (Lipinski definition) is 3. The summed E-state index contributed by atoms with van der Waals surface area (Å²) < 4.78 is 20.9. The van der Waals surface area contributed by atoms with E-state index in [0.29, 0.717) is 42.7 Å². The van der Waals surface area contributed by atoms with Gasteiger partial charge in [-0.05, 0) is 66.1 Å². The molecule has 0 spiro atoms. The van der Waals surface area contributed by atoms with Crippen molar-refractivity contribution >= 4 is 22.5 Å². The Hall–Kier alpha value is -3.89. The zero-order valence-electron chi connectivity index (χ0n) is 20.7. The van der Waals surface area contributed by atoms with E-state index < -0.39 is 11.6 Å². The SMILES string of the molecule is O=C(NCc1cc(OCCO)c2ncc(CNCC34CC(F)(C3)C4)cc2c1)c1cc(=O)n2ccccc2n1. The number of alkyl halides is 1. The van der Waals surface area contributed by atoms with Crippen molar-refractivity contribution in [3.63, 3.8) is 0 Å². The van der Waals surface area contributed by atoms with Gasteiger partial charge in [-0.1, -0.05) is 6.07 Å². The number of aliphatic hydroxyl groups excluding tert-OH is 1. The first kappa shape index (κ1) is 24.4. The number of amides is 1. The fourth-order valence-electron chi connectivity index (χ4n) is 5.75. The molecule has 0 aliphatic heterocycles. The summed E-state index contributed by atoms with van der Waals surface area (Å²) in [5.41, 5.74) is 1.72. The number of benzene rings is 1. The van der Waals surface area contributed by atoms with Crippen molar-refractivity contribution in [2.24, 2.45) is 5.41 Å². The molecule has 0 unspecified atom stereocenters. The lowest BCUT2D eigenvalue weighted by Gasteiger charge is -2.66.